The van der Waals surface area contributed by atoms with Crippen LogP contribution in [0.25, 0.3) is 0 Å². The lowest BCUT2D eigenvalue weighted by Crippen LogP contribution is -2.13. The van der Waals surface area contributed by atoms with Crippen LogP contribution in [-0.4, -0.2) is 0 Å². The Labute approximate surface area is 84.5 Å². The molecule has 76 valence electrons. The van der Waals surface area contributed by atoms with Crippen molar-refractivity contribution in [2.45, 2.75) is 64.7 Å². The molecule has 0 aromatic carbocycles. The molecule has 0 spiro atoms. The first-order chi connectivity index (χ1) is 6.66. The molecule has 0 heterocycles. The minimum atomic E-state index is -0.111. The molecule has 3 aliphatic carbocycles. The lowest BCUT2D eigenvalue weighted by atomic mass is 9.80. The van der Waals surface area contributed by atoms with E-state index in [1.54, 1.807) is 0 Å². The second-order valence-electron chi connectivity index (χ2n) is 5.31. The van der Waals surface area contributed by atoms with Gasteiger partial charge in [0.15, 0.2) is 0 Å². The predicted octanol–water partition coefficient (Wildman–Crippen LogP) is 4.39. The Morgan fingerprint density at radius 2 is 1.31 bits per heavy atom. The summed E-state index contributed by atoms with van der Waals surface area (Å²) in [6.07, 6.45) is 12.3. The molecule has 0 heteroatoms. The van der Waals surface area contributed by atoms with Crippen LogP contribution in [-0.2, 0) is 0 Å². The summed E-state index contributed by atoms with van der Waals surface area (Å²) in [5.41, 5.74) is 0. The van der Waals surface area contributed by atoms with Gasteiger partial charge in [0, 0.05) is 1.37 Å². The Balaban J connectivity index is 2.10. The third-order valence-electron chi connectivity index (χ3n) is 3.97. The monoisotopic (exact) mass is 181 g/mol. The van der Waals surface area contributed by atoms with Crippen molar-refractivity contribution in [3.05, 3.63) is 0 Å². The van der Waals surface area contributed by atoms with Gasteiger partial charge in [0.2, 0.25) is 0 Å². The molecule has 3 fully saturated rings. The molecule has 0 nitrogen and oxygen atoms in total. The van der Waals surface area contributed by atoms with Gasteiger partial charge in [-0.25, -0.2) is 0 Å². The summed E-state index contributed by atoms with van der Waals surface area (Å²) in [6.45, 7) is 2.17. The van der Waals surface area contributed by atoms with Gasteiger partial charge in [-0.2, -0.15) is 0 Å². The molecule has 0 aromatic heterocycles. The van der Waals surface area contributed by atoms with Crippen molar-refractivity contribution in [1.82, 2.24) is 0 Å². The van der Waals surface area contributed by atoms with Gasteiger partial charge in [0.05, 0.1) is 0 Å². The third-order valence-corrected chi connectivity index (χ3v) is 3.97. The van der Waals surface area contributed by atoms with Crippen LogP contribution in [0.2, 0.25) is 0 Å². The van der Waals surface area contributed by atoms with Crippen molar-refractivity contribution in [3.8, 4) is 0 Å². The summed E-state index contributed by atoms with van der Waals surface area (Å²) in [5, 5.41) is 0. The van der Waals surface area contributed by atoms with E-state index in [0.29, 0.717) is 0 Å². The highest BCUT2D eigenvalue weighted by molar-refractivity contribution is 4.75. The van der Waals surface area contributed by atoms with Gasteiger partial charge in [-0.15, -0.1) is 0 Å². The first kappa shape index (κ1) is 8.32. The second kappa shape index (κ2) is 4.48. The van der Waals surface area contributed by atoms with Crippen LogP contribution in [0.5, 0.6) is 0 Å². The van der Waals surface area contributed by atoms with Crippen molar-refractivity contribution in [3.63, 3.8) is 0 Å². The largest absolute Gasteiger partial charge is 0.0625 e. The van der Waals surface area contributed by atoms with Gasteiger partial charge < -0.3 is 0 Å². The molecule has 3 saturated carbocycles. The van der Waals surface area contributed by atoms with E-state index in [-0.39, 0.29) is 5.89 Å². The van der Waals surface area contributed by atoms with Gasteiger partial charge in [-0.1, -0.05) is 51.9 Å². The molecule has 0 N–H and O–H groups in total. The molecule has 0 aliphatic heterocycles. The normalized spacial score (nSPS) is 48.5. The molecular formula is C13H24. The van der Waals surface area contributed by atoms with Crippen LogP contribution >= 0.6 is 0 Å². The highest BCUT2D eigenvalue weighted by Crippen LogP contribution is 2.36. The maximum Gasteiger partial charge on any atom is 0.0300 e. The van der Waals surface area contributed by atoms with E-state index in [4.69, 9.17) is 1.37 Å². The molecule has 2 atom stereocenters. The highest BCUT2D eigenvalue weighted by atomic mass is 14.3. The molecule has 0 amide bonds. The molecule has 3 rings (SSSR count). The molecule has 0 aromatic rings. The van der Waals surface area contributed by atoms with Crippen molar-refractivity contribution in [2.75, 3.05) is 0 Å². The molecule has 2 unspecified atom stereocenters. The lowest BCUT2D eigenvalue weighted by molar-refractivity contribution is 0.260. The highest BCUT2D eigenvalue weighted by Gasteiger charge is 2.22. The summed E-state index contributed by atoms with van der Waals surface area (Å²) in [6, 6.07) is 0. The lowest BCUT2D eigenvalue weighted by Gasteiger charge is -2.26. The Morgan fingerprint density at radius 3 is 1.85 bits per heavy atom. The summed E-state index contributed by atoms with van der Waals surface area (Å²) < 4.78 is 8.36. The Morgan fingerprint density at radius 1 is 0.846 bits per heavy atom. The van der Waals surface area contributed by atoms with Crippen LogP contribution in [0, 0.1) is 17.7 Å². The van der Waals surface area contributed by atoms with Crippen LogP contribution in [0.15, 0.2) is 0 Å². The van der Waals surface area contributed by atoms with E-state index in [2.05, 4.69) is 6.92 Å². The van der Waals surface area contributed by atoms with Crippen molar-refractivity contribution >= 4 is 0 Å². The minimum absolute atomic E-state index is 0.111. The molecule has 3 aliphatic rings. The van der Waals surface area contributed by atoms with Crippen LogP contribution in [0.1, 0.15) is 66.1 Å². The van der Waals surface area contributed by atoms with Gasteiger partial charge in [0.25, 0.3) is 0 Å². The average Bonchev–Trinajstić information content (AvgIpc) is 2.18. The Kier molecular flexibility index (Phi) is 2.87. The number of hydrogen-bond acceptors (Lipinski definition) is 0. The molecule has 0 saturated heterocycles. The van der Waals surface area contributed by atoms with Gasteiger partial charge in [-0.3, -0.25) is 0 Å². The number of hydrogen-bond donors (Lipinski definition) is 0. The minimum Gasteiger partial charge on any atom is -0.0625 e. The second-order valence-corrected chi connectivity index (χ2v) is 5.31. The van der Waals surface area contributed by atoms with Crippen molar-refractivity contribution in [1.29, 1.82) is 0 Å². The first-order valence-corrected chi connectivity index (χ1v) is 6.16. The van der Waals surface area contributed by atoms with E-state index in [1.165, 1.54) is 57.8 Å². The fourth-order valence-electron chi connectivity index (χ4n) is 3.33. The molecule has 2 bridgehead atoms. The smallest absolute Gasteiger partial charge is 0.0300 e. The topological polar surface area (TPSA) is 0 Å². The zero-order valence-corrected chi connectivity index (χ0v) is 9.02. The average molecular weight is 181 g/mol. The predicted molar refractivity (Wildman–Crippen MR) is 57.7 cm³/mol. The maximum atomic E-state index is 8.36. The van der Waals surface area contributed by atoms with E-state index in [0.717, 1.165) is 11.8 Å². The molecule has 0 radical (unpaired) electrons. The van der Waals surface area contributed by atoms with Crippen LogP contribution in [0.4, 0.5) is 0 Å². The SMILES string of the molecule is [2H]C1(C)CC2CCCCC(CCC2)C1. The Bertz CT molecular complexity index is 164. The summed E-state index contributed by atoms with van der Waals surface area (Å²) in [5.74, 6) is 1.63. The standard InChI is InChI=1S/C13H24/c1-11-9-12-5-2-3-6-13(10-11)8-4-7-12/h11-13H,2-10H2,1H3/i11D. The maximum absolute atomic E-state index is 8.36. The van der Waals surface area contributed by atoms with E-state index >= 15 is 0 Å². The zero-order valence-electron chi connectivity index (χ0n) is 10.0. The zero-order chi connectivity index (χ0) is 10.0. The fourth-order valence-corrected chi connectivity index (χ4v) is 3.33. The molecule has 13 heavy (non-hydrogen) atoms. The third kappa shape index (κ3) is 2.72. The molecular weight excluding hydrogens is 156 g/mol. The van der Waals surface area contributed by atoms with Crippen molar-refractivity contribution < 1.29 is 1.37 Å². The van der Waals surface area contributed by atoms with E-state index < -0.39 is 0 Å². The summed E-state index contributed by atoms with van der Waals surface area (Å²) in [7, 11) is 0. The summed E-state index contributed by atoms with van der Waals surface area (Å²) >= 11 is 0. The fraction of sp³-hybridized carbons (Fsp3) is 1.00. The van der Waals surface area contributed by atoms with E-state index in [1.807, 2.05) is 0 Å². The van der Waals surface area contributed by atoms with Gasteiger partial charge >= 0.3 is 0 Å². The first-order valence-electron chi connectivity index (χ1n) is 6.66. The quantitative estimate of drug-likeness (QED) is 0.520. The van der Waals surface area contributed by atoms with Crippen LogP contribution in [0.3, 0.4) is 0 Å². The number of fused-ring (bicyclic) bond motifs is 7. The van der Waals surface area contributed by atoms with Crippen molar-refractivity contribution in [2.24, 2.45) is 17.7 Å². The number of rotatable bonds is 0. The van der Waals surface area contributed by atoms with E-state index in [9.17, 15) is 0 Å². The van der Waals surface area contributed by atoms with Gasteiger partial charge in [-0.05, 0) is 30.6 Å². The summed E-state index contributed by atoms with van der Waals surface area (Å²) in [4.78, 5) is 0. The Hall–Kier alpha value is 0. The van der Waals surface area contributed by atoms with Crippen LogP contribution < -0.4 is 0 Å². The van der Waals surface area contributed by atoms with Gasteiger partial charge in [0.1, 0.15) is 0 Å².